The van der Waals surface area contributed by atoms with Gasteiger partial charge in [0.25, 0.3) is 0 Å². The molecule has 12 heavy (non-hydrogen) atoms. The lowest BCUT2D eigenvalue weighted by molar-refractivity contribution is 0.0696. The number of carboxylic acid groups (broad SMARTS) is 1. The van der Waals surface area contributed by atoms with Gasteiger partial charge in [-0.25, -0.2) is 4.79 Å². The Labute approximate surface area is 70.8 Å². The molecule has 0 aliphatic carbocycles. The zero-order chi connectivity index (χ0) is 9.14. The summed E-state index contributed by atoms with van der Waals surface area (Å²) in [6.45, 7) is 1.73. The fourth-order valence-electron chi connectivity index (χ4n) is 0.993. The van der Waals surface area contributed by atoms with Gasteiger partial charge in [0, 0.05) is 5.56 Å². The predicted octanol–water partition coefficient (Wildman–Crippen LogP) is 1.67. The van der Waals surface area contributed by atoms with Crippen molar-refractivity contribution >= 4 is 5.97 Å². The minimum absolute atomic E-state index is 0.300. The number of benzene rings is 1. The van der Waals surface area contributed by atoms with Gasteiger partial charge in [0.2, 0.25) is 0 Å². The van der Waals surface area contributed by atoms with Crippen molar-refractivity contribution < 1.29 is 9.90 Å². The highest BCUT2D eigenvalue weighted by molar-refractivity contribution is 5.89. The monoisotopic (exact) mass is 160 g/mol. The van der Waals surface area contributed by atoms with Crippen LogP contribution in [0.4, 0.5) is 0 Å². The van der Waals surface area contributed by atoms with Gasteiger partial charge >= 0.3 is 5.97 Å². The third kappa shape index (κ3) is 1.46. The van der Waals surface area contributed by atoms with Crippen LogP contribution in [-0.2, 0) is 0 Å². The van der Waals surface area contributed by atoms with E-state index < -0.39 is 5.97 Å². The maximum atomic E-state index is 10.6. The van der Waals surface area contributed by atoms with Crippen LogP contribution in [0.25, 0.3) is 0 Å². The van der Waals surface area contributed by atoms with Crippen LogP contribution in [0.5, 0.6) is 0 Å². The second-order valence-corrected chi connectivity index (χ2v) is 2.48. The van der Waals surface area contributed by atoms with Gasteiger partial charge in [-0.1, -0.05) is 5.92 Å². The summed E-state index contributed by atoms with van der Waals surface area (Å²) >= 11 is 0. The molecule has 0 saturated heterocycles. The van der Waals surface area contributed by atoms with Crippen molar-refractivity contribution in [3.63, 3.8) is 0 Å². The molecule has 0 fully saturated rings. The molecular weight excluding hydrogens is 152 g/mol. The van der Waals surface area contributed by atoms with E-state index in [1.54, 1.807) is 19.1 Å². The van der Waals surface area contributed by atoms with Crippen molar-refractivity contribution in [2.45, 2.75) is 6.92 Å². The Bertz CT molecular complexity index is 359. The number of carbonyl (C=O) groups is 1. The van der Waals surface area contributed by atoms with E-state index in [4.69, 9.17) is 11.5 Å². The van der Waals surface area contributed by atoms with E-state index in [9.17, 15) is 4.79 Å². The summed E-state index contributed by atoms with van der Waals surface area (Å²) in [4.78, 5) is 10.6. The van der Waals surface area contributed by atoms with Crippen LogP contribution in [-0.4, -0.2) is 11.1 Å². The Morgan fingerprint density at radius 1 is 1.58 bits per heavy atom. The predicted molar refractivity (Wildman–Crippen MR) is 46.1 cm³/mol. The number of rotatable bonds is 1. The van der Waals surface area contributed by atoms with E-state index >= 15 is 0 Å². The topological polar surface area (TPSA) is 37.3 Å². The van der Waals surface area contributed by atoms with Crippen LogP contribution in [0.15, 0.2) is 18.2 Å². The van der Waals surface area contributed by atoms with Crippen molar-refractivity contribution in [1.82, 2.24) is 0 Å². The second kappa shape index (κ2) is 3.10. The van der Waals surface area contributed by atoms with Gasteiger partial charge in [-0.2, -0.15) is 0 Å². The first-order valence-electron chi connectivity index (χ1n) is 3.45. The van der Waals surface area contributed by atoms with Gasteiger partial charge in [-0.15, -0.1) is 6.42 Å². The van der Waals surface area contributed by atoms with Crippen LogP contribution in [0, 0.1) is 19.3 Å². The fourth-order valence-corrected chi connectivity index (χ4v) is 0.993. The molecule has 0 radical (unpaired) electrons. The molecule has 1 aromatic rings. The van der Waals surface area contributed by atoms with Gasteiger partial charge < -0.3 is 5.11 Å². The number of aromatic carboxylic acids is 1. The minimum Gasteiger partial charge on any atom is -0.478 e. The zero-order valence-corrected chi connectivity index (χ0v) is 6.66. The zero-order valence-electron chi connectivity index (χ0n) is 6.66. The second-order valence-electron chi connectivity index (χ2n) is 2.48. The molecule has 0 saturated carbocycles. The maximum absolute atomic E-state index is 10.6. The largest absolute Gasteiger partial charge is 0.478 e. The average molecular weight is 160 g/mol. The molecule has 0 amide bonds. The Balaban J connectivity index is 3.23. The Hall–Kier alpha value is -1.75. The van der Waals surface area contributed by atoms with Gasteiger partial charge in [0.15, 0.2) is 0 Å². The van der Waals surface area contributed by atoms with Crippen LogP contribution in [0.2, 0.25) is 0 Å². The van der Waals surface area contributed by atoms with Crippen LogP contribution in [0.1, 0.15) is 21.5 Å². The van der Waals surface area contributed by atoms with E-state index in [1.165, 1.54) is 6.07 Å². The lowest BCUT2D eigenvalue weighted by Gasteiger charge is -1.99. The van der Waals surface area contributed by atoms with Crippen LogP contribution >= 0.6 is 0 Å². The number of aryl methyl sites for hydroxylation is 1. The molecule has 0 aromatic heterocycles. The number of hydrogen-bond donors (Lipinski definition) is 1. The van der Waals surface area contributed by atoms with Crippen molar-refractivity contribution in [3.8, 4) is 12.3 Å². The third-order valence-electron chi connectivity index (χ3n) is 1.62. The van der Waals surface area contributed by atoms with Crippen molar-refractivity contribution in [1.29, 1.82) is 0 Å². The number of hydrogen-bond acceptors (Lipinski definition) is 1. The smallest absolute Gasteiger partial charge is 0.335 e. The highest BCUT2D eigenvalue weighted by Gasteiger charge is 2.05. The molecule has 60 valence electrons. The van der Waals surface area contributed by atoms with Crippen molar-refractivity contribution in [2.75, 3.05) is 0 Å². The van der Waals surface area contributed by atoms with Gasteiger partial charge in [0.05, 0.1) is 5.56 Å². The van der Waals surface area contributed by atoms with Crippen LogP contribution < -0.4 is 0 Å². The summed E-state index contributed by atoms with van der Waals surface area (Å²) in [5.74, 6) is 1.52. The molecule has 0 unspecified atom stereocenters. The van der Waals surface area contributed by atoms with E-state index in [2.05, 4.69) is 5.92 Å². The van der Waals surface area contributed by atoms with Crippen molar-refractivity contribution in [3.05, 3.63) is 34.9 Å². The van der Waals surface area contributed by atoms with Gasteiger partial charge in [-0.05, 0) is 30.7 Å². The highest BCUT2D eigenvalue weighted by Crippen LogP contribution is 2.09. The summed E-state index contributed by atoms with van der Waals surface area (Å²) in [7, 11) is 0. The lowest BCUT2D eigenvalue weighted by Crippen LogP contribution is -1.99. The summed E-state index contributed by atoms with van der Waals surface area (Å²) in [5, 5.41) is 8.68. The molecule has 1 N–H and O–H groups in total. The standard InChI is InChI=1S/C10H8O2/c1-3-8-4-5-9(10(11)12)7(2)6-8/h1,4-6H,2H3,(H,11,12). The first-order chi connectivity index (χ1) is 5.65. The molecule has 1 aromatic carbocycles. The first kappa shape index (κ1) is 8.35. The highest BCUT2D eigenvalue weighted by atomic mass is 16.4. The fraction of sp³-hybridized carbons (Fsp3) is 0.100. The van der Waals surface area contributed by atoms with Crippen molar-refractivity contribution in [2.24, 2.45) is 0 Å². The molecule has 2 nitrogen and oxygen atoms in total. The molecule has 0 aliphatic rings. The van der Waals surface area contributed by atoms with Gasteiger partial charge in [0.1, 0.15) is 0 Å². The summed E-state index contributed by atoms with van der Waals surface area (Å²) in [6, 6.07) is 4.83. The van der Waals surface area contributed by atoms with E-state index in [0.29, 0.717) is 16.7 Å². The molecule has 2 heteroatoms. The SMILES string of the molecule is C#Cc1ccc(C(=O)O)c(C)c1. The Kier molecular flexibility index (Phi) is 2.16. The van der Waals surface area contributed by atoms with Gasteiger partial charge in [-0.3, -0.25) is 0 Å². The average Bonchev–Trinajstić information content (AvgIpc) is 2.03. The van der Waals surface area contributed by atoms with Crippen LogP contribution in [0.3, 0.4) is 0 Å². The first-order valence-corrected chi connectivity index (χ1v) is 3.45. The molecule has 0 atom stereocenters. The third-order valence-corrected chi connectivity index (χ3v) is 1.62. The summed E-state index contributed by atoms with van der Waals surface area (Å²) in [6.07, 6.45) is 5.15. The minimum atomic E-state index is -0.920. The quantitative estimate of drug-likeness (QED) is 0.634. The summed E-state index contributed by atoms with van der Waals surface area (Å²) in [5.41, 5.74) is 1.70. The number of terminal acetylenes is 1. The maximum Gasteiger partial charge on any atom is 0.335 e. The Morgan fingerprint density at radius 2 is 2.25 bits per heavy atom. The molecule has 0 aliphatic heterocycles. The van der Waals surface area contributed by atoms with E-state index in [-0.39, 0.29) is 0 Å². The number of carboxylic acids is 1. The molecular formula is C10H8O2. The van der Waals surface area contributed by atoms with E-state index in [1.807, 2.05) is 0 Å². The van der Waals surface area contributed by atoms with E-state index in [0.717, 1.165) is 0 Å². The molecule has 0 heterocycles. The lowest BCUT2D eigenvalue weighted by atomic mass is 10.1. The molecule has 0 bridgehead atoms. The summed E-state index contributed by atoms with van der Waals surface area (Å²) < 4.78 is 0. The normalized spacial score (nSPS) is 9.00. The molecule has 0 spiro atoms. The molecule has 1 rings (SSSR count). The Morgan fingerprint density at radius 3 is 2.67 bits per heavy atom.